The third-order valence-electron chi connectivity index (χ3n) is 5.49. The molecular weight excluding hydrogens is 409 g/mol. The molecule has 0 aliphatic carbocycles. The van der Waals surface area contributed by atoms with Crippen molar-refractivity contribution in [3.63, 3.8) is 0 Å². The molecule has 1 aliphatic heterocycles. The summed E-state index contributed by atoms with van der Waals surface area (Å²) >= 11 is 0. The number of aromatic nitrogens is 2. The minimum absolute atomic E-state index is 0.0484. The van der Waals surface area contributed by atoms with Gasteiger partial charge in [-0.2, -0.15) is 13.9 Å². The van der Waals surface area contributed by atoms with Crippen LogP contribution in [0.25, 0.3) is 16.6 Å². The van der Waals surface area contributed by atoms with Crippen molar-refractivity contribution in [2.75, 3.05) is 4.90 Å². The van der Waals surface area contributed by atoms with Crippen molar-refractivity contribution in [1.29, 1.82) is 0 Å². The third-order valence-corrected chi connectivity index (χ3v) is 5.49. The first-order chi connectivity index (χ1) is 14.7. The zero-order valence-electron chi connectivity index (χ0n) is 17.0. The van der Waals surface area contributed by atoms with E-state index in [1.54, 1.807) is 46.1 Å². The highest BCUT2D eigenvalue weighted by atomic mass is 19.3. The first kappa shape index (κ1) is 20.9. The number of amides is 2. The van der Waals surface area contributed by atoms with E-state index in [1.807, 2.05) is 6.92 Å². The number of fused-ring (bicyclic) bond motifs is 1. The molecule has 2 heterocycles. The predicted octanol–water partition coefficient (Wildman–Crippen LogP) is 3.82. The second-order valence-electron chi connectivity index (χ2n) is 7.69. The molecule has 4 rings (SSSR count). The summed E-state index contributed by atoms with van der Waals surface area (Å²) in [6.07, 6.45) is 2.08. The third kappa shape index (κ3) is 3.87. The molecule has 1 saturated heterocycles. The fraction of sp³-hybridized carbons (Fsp3) is 0.318. The second kappa shape index (κ2) is 7.72. The second-order valence-corrected chi connectivity index (χ2v) is 7.69. The van der Waals surface area contributed by atoms with Gasteiger partial charge in [-0.25, -0.2) is 9.07 Å². The van der Waals surface area contributed by atoms with Crippen LogP contribution in [0.4, 0.5) is 18.9 Å². The van der Waals surface area contributed by atoms with Gasteiger partial charge in [0.2, 0.25) is 5.91 Å². The predicted molar refractivity (Wildman–Crippen MR) is 110 cm³/mol. The van der Waals surface area contributed by atoms with Crippen molar-refractivity contribution in [3.05, 3.63) is 54.5 Å². The van der Waals surface area contributed by atoms with Gasteiger partial charge in [0.25, 0.3) is 5.91 Å². The Morgan fingerprint density at radius 1 is 1.19 bits per heavy atom. The molecule has 0 radical (unpaired) electrons. The molecule has 1 aromatic heterocycles. The molecule has 0 bridgehead atoms. The van der Waals surface area contributed by atoms with E-state index in [2.05, 4.69) is 10.4 Å². The molecular formula is C22H21F3N4O2. The van der Waals surface area contributed by atoms with Gasteiger partial charge in [-0.1, -0.05) is 6.92 Å². The molecule has 31 heavy (non-hydrogen) atoms. The molecule has 162 valence electrons. The molecule has 1 unspecified atom stereocenters. The van der Waals surface area contributed by atoms with E-state index < -0.39 is 23.9 Å². The van der Waals surface area contributed by atoms with Crippen molar-refractivity contribution in [2.45, 2.75) is 44.7 Å². The molecule has 0 saturated carbocycles. The lowest BCUT2D eigenvalue weighted by Gasteiger charge is -2.28. The lowest BCUT2D eigenvalue weighted by molar-refractivity contribution is -0.143. The van der Waals surface area contributed by atoms with Crippen LogP contribution in [0.2, 0.25) is 0 Å². The van der Waals surface area contributed by atoms with Crippen molar-refractivity contribution < 1.29 is 22.8 Å². The molecule has 0 spiro atoms. The summed E-state index contributed by atoms with van der Waals surface area (Å²) in [6, 6.07) is 10.1. The Labute approximate surface area is 176 Å². The van der Waals surface area contributed by atoms with E-state index in [9.17, 15) is 22.8 Å². The Morgan fingerprint density at radius 3 is 2.52 bits per heavy atom. The zero-order chi connectivity index (χ0) is 22.3. The number of alkyl halides is 2. The quantitative estimate of drug-likeness (QED) is 0.669. The Kier molecular flexibility index (Phi) is 5.20. The fourth-order valence-corrected chi connectivity index (χ4v) is 3.99. The van der Waals surface area contributed by atoms with Gasteiger partial charge >= 0.3 is 5.92 Å². The number of benzene rings is 2. The van der Waals surface area contributed by atoms with Crippen LogP contribution in [-0.2, 0) is 9.59 Å². The number of carbonyl (C=O) groups is 2. The minimum atomic E-state index is -3.51. The average molecular weight is 430 g/mol. The summed E-state index contributed by atoms with van der Waals surface area (Å²) in [5, 5.41) is 7.43. The number of halogens is 3. The normalized spacial score (nSPS) is 19.3. The first-order valence-corrected chi connectivity index (χ1v) is 9.93. The van der Waals surface area contributed by atoms with E-state index >= 15 is 0 Å². The smallest absolute Gasteiger partial charge is 0.321 e. The highest BCUT2D eigenvalue weighted by Crippen LogP contribution is 2.32. The topological polar surface area (TPSA) is 67.2 Å². The largest absolute Gasteiger partial charge is 0.346 e. The van der Waals surface area contributed by atoms with Crippen LogP contribution >= 0.6 is 0 Å². The highest BCUT2D eigenvalue weighted by molar-refractivity contribution is 6.00. The maximum atomic E-state index is 13.3. The Balaban J connectivity index is 1.64. The summed E-state index contributed by atoms with van der Waals surface area (Å²) in [5.41, 5.74) is 2.06. The highest BCUT2D eigenvalue weighted by Gasteiger charge is 2.43. The van der Waals surface area contributed by atoms with E-state index in [0.29, 0.717) is 24.7 Å². The number of carbonyl (C=O) groups excluding carboxylic acids is 2. The number of nitrogens with zero attached hydrogens (tertiary/aromatic N) is 3. The van der Waals surface area contributed by atoms with Gasteiger partial charge in [0.1, 0.15) is 5.82 Å². The number of hydrogen-bond acceptors (Lipinski definition) is 3. The van der Waals surface area contributed by atoms with Crippen molar-refractivity contribution in [3.8, 4) is 5.69 Å². The summed E-state index contributed by atoms with van der Waals surface area (Å²) in [5.74, 6) is -5.49. The van der Waals surface area contributed by atoms with Crippen LogP contribution in [0, 0.1) is 5.82 Å². The van der Waals surface area contributed by atoms with Crippen molar-refractivity contribution in [1.82, 2.24) is 15.1 Å². The van der Waals surface area contributed by atoms with Crippen LogP contribution in [0.3, 0.4) is 0 Å². The molecule has 3 aromatic rings. The summed E-state index contributed by atoms with van der Waals surface area (Å²) in [6.45, 7) is 2.37. The average Bonchev–Trinajstić information content (AvgIpc) is 3.27. The van der Waals surface area contributed by atoms with E-state index in [-0.39, 0.29) is 18.1 Å². The Hall–Kier alpha value is -3.36. The Morgan fingerprint density at radius 2 is 1.87 bits per heavy atom. The molecule has 1 fully saturated rings. The van der Waals surface area contributed by atoms with Crippen LogP contribution in [0.1, 0.15) is 26.7 Å². The van der Waals surface area contributed by atoms with Gasteiger partial charge in [-0.05, 0) is 48.9 Å². The van der Waals surface area contributed by atoms with Crippen LogP contribution < -0.4 is 10.2 Å². The Bertz CT molecular complexity index is 1140. The lowest BCUT2D eigenvalue weighted by Crippen LogP contribution is -2.49. The van der Waals surface area contributed by atoms with Gasteiger partial charge in [-0.3, -0.25) is 9.59 Å². The first-order valence-electron chi connectivity index (χ1n) is 9.93. The number of anilines is 1. The van der Waals surface area contributed by atoms with E-state index in [4.69, 9.17) is 0 Å². The minimum Gasteiger partial charge on any atom is -0.346 e. The molecule has 6 nitrogen and oxygen atoms in total. The van der Waals surface area contributed by atoms with Gasteiger partial charge in [0, 0.05) is 24.4 Å². The van der Waals surface area contributed by atoms with Crippen LogP contribution in [0.5, 0.6) is 0 Å². The standard InChI is InChI=1S/C22H21F3N4O2/c1-3-18-17(27-21(31)22(2,24)25)11-20(30)28(18)16-8-9-19-13(10-16)12-26-29(19)15-6-4-14(23)5-7-15/h4-10,12,17-18H,3,11H2,1-2H3,(H,27,31)/t17?,18-/m1/s1. The molecule has 9 heteroatoms. The van der Waals surface area contributed by atoms with Crippen LogP contribution in [0.15, 0.2) is 48.7 Å². The number of hydrogen-bond donors (Lipinski definition) is 1. The molecule has 2 aromatic carbocycles. The van der Waals surface area contributed by atoms with Gasteiger partial charge in [0.15, 0.2) is 0 Å². The summed E-state index contributed by atoms with van der Waals surface area (Å²) in [7, 11) is 0. The van der Waals surface area contributed by atoms with E-state index in [0.717, 1.165) is 10.9 Å². The van der Waals surface area contributed by atoms with E-state index in [1.165, 1.54) is 12.1 Å². The maximum absolute atomic E-state index is 13.3. The summed E-state index contributed by atoms with van der Waals surface area (Å²) in [4.78, 5) is 26.0. The van der Waals surface area contributed by atoms with Crippen molar-refractivity contribution in [2.24, 2.45) is 0 Å². The van der Waals surface area contributed by atoms with Crippen LogP contribution in [-0.4, -0.2) is 39.6 Å². The lowest BCUT2D eigenvalue weighted by atomic mass is 10.1. The van der Waals surface area contributed by atoms with Gasteiger partial charge < -0.3 is 10.2 Å². The van der Waals surface area contributed by atoms with Gasteiger partial charge in [-0.15, -0.1) is 0 Å². The molecule has 1 N–H and O–H groups in total. The number of nitrogens with one attached hydrogen (secondary N) is 1. The summed E-state index contributed by atoms with van der Waals surface area (Å²) < 4.78 is 41.5. The number of rotatable bonds is 5. The maximum Gasteiger partial charge on any atom is 0.321 e. The van der Waals surface area contributed by atoms with Gasteiger partial charge in [0.05, 0.1) is 29.5 Å². The fourth-order valence-electron chi connectivity index (χ4n) is 3.99. The zero-order valence-corrected chi connectivity index (χ0v) is 17.0. The molecule has 1 aliphatic rings. The van der Waals surface area contributed by atoms with Crippen molar-refractivity contribution >= 4 is 28.4 Å². The molecule has 2 amide bonds. The SMILES string of the molecule is CC[C@@H]1C(NC(=O)C(C)(F)F)CC(=O)N1c1ccc2c(cnn2-c2ccc(F)cc2)c1. The monoisotopic (exact) mass is 430 g/mol. The molecule has 2 atom stereocenters.